The predicted molar refractivity (Wildman–Crippen MR) is 85.2 cm³/mol. The van der Waals surface area contributed by atoms with Crippen LogP contribution in [0.2, 0.25) is 6.04 Å². The van der Waals surface area contributed by atoms with Gasteiger partial charge in [0.05, 0.1) is 0 Å². The molecule has 0 unspecified atom stereocenters. The molecule has 0 spiro atoms. The van der Waals surface area contributed by atoms with E-state index < -0.39 is 14.1 Å². The first kappa shape index (κ1) is 16.3. The van der Waals surface area contributed by atoms with Crippen molar-refractivity contribution in [2.75, 3.05) is 18.6 Å². The predicted octanol–water partition coefficient (Wildman–Crippen LogP) is 2.06. The van der Waals surface area contributed by atoms with Crippen molar-refractivity contribution in [1.82, 2.24) is 4.57 Å². The van der Waals surface area contributed by atoms with Crippen LogP contribution in [-0.4, -0.2) is 52.2 Å². The SMILES string of the molecule is CN1[C@@H](C(=O)O)CS[Si]1CCS[C](=[Ni])c1ccccc1. The van der Waals surface area contributed by atoms with E-state index in [0.29, 0.717) is 0 Å². The number of carboxylic acids is 1. The minimum atomic E-state index is -0.766. The second-order valence-electron chi connectivity index (χ2n) is 4.38. The third-order valence-corrected chi connectivity index (χ3v) is 10.6. The van der Waals surface area contributed by atoms with Crippen LogP contribution in [0.25, 0.3) is 0 Å². The molecule has 2 rings (SSSR count). The van der Waals surface area contributed by atoms with Crippen LogP contribution in [0.1, 0.15) is 5.56 Å². The van der Waals surface area contributed by atoms with Crippen molar-refractivity contribution in [2.24, 2.45) is 0 Å². The van der Waals surface area contributed by atoms with Crippen molar-refractivity contribution < 1.29 is 24.9 Å². The number of hydrogen-bond donors (Lipinski definition) is 1. The molecule has 1 heterocycles. The molecular formula is C13H16NNiO2S2Si. The average Bonchev–Trinajstić information content (AvgIpc) is 2.81. The molecule has 1 aromatic carbocycles. The molecule has 0 saturated carbocycles. The van der Waals surface area contributed by atoms with Gasteiger partial charge in [-0.2, -0.15) is 0 Å². The van der Waals surface area contributed by atoms with Crippen molar-refractivity contribution in [3.05, 3.63) is 35.9 Å². The fourth-order valence-electron chi connectivity index (χ4n) is 1.91. The quantitative estimate of drug-likeness (QED) is 0.778. The van der Waals surface area contributed by atoms with E-state index in [4.69, 9.17) is 20.1 Å². The van der Waals surface area contributed by atoms with Crippen molar-refractivity contribution in [2.45, 2.75) is 12.1 Å². The van der Waals surface area contributed by atoms with Gasteiger partial charge in [0.1, 0.15) is 0 Å². The van der Waals surface area contributed by atoms with Crippen molar-refractivity contribution >= 4 is 40.9 Å². The van der Waals surface area contributed by atoms with E-state index in [-0.39, 0.29) is 6.04 Å². The van der Waals surface area contributed by atoms with E-state index in [9.17, 15) is 4.79 Å². The summed E-state index contributed by atoms with van der Waals surface area (Å²) in [6, 6.07) is 10.8. The van der Waals surface area contributed by atoms with Crippen LogP contribution in [-0.2, 0) is 19.8 Å². The molecule has 1 radical (unpaired) electrons. The molecule has 1 atom stereocenters. The fraction of sp³-hybridized carbons (Fsp3) is 0.385. The number of likely N-dealkylation sites (N-methyl/N-ethyl adjacent to an activating group) is 1. The molecule has 0 aromatic heterocycles. The summed E-state index contributed by atoms with van der Waals surface area (Å²) in [7, 11) is 1.17. The number of thioether (sulfide) groups is 1. The molecule has 1 saturated heterocycles. The van der Waals surface area contributed by atoms with Gasteiger partial charge in [-0.25, -0.2) is 0 Å². The molecule has 111 valence electrons. The number of carbonyl (C=O) groups is 1. The molecular weight excluding hydrogens is 353 g/mol. The number of rotatable bonds is 6. The summed E-state index contributed by atoms with van der Waals surface area (Å²) in [4.78, 5) is 11.1. The first-order chi connectivity index (χ1) is 9.59. The maximum absolute atomic E-state index is 11.1. The Morgan fingerprint density at radius 2 is 2.25 bits per heavy atom. The zero-order valence-electron chi connectivity index (χ0n) is 11.0. The summed E-state index contributed by atoms with van der Waals surface area (Å²) < 4.78 is 3.03. The first-order valence-electron chi connectivity index (χ1n) is 6.21. The Hall–Kier alpha value is -0.0696. The van der Waals surface area contributed by atoms with Crippen LogP contribution < -0.4 is 0 Å². The average molecular weight is 369 g/mol. The molecule has 1 aliphatic rings. The third-order valence-electron chi connectivity index (χ3n) is 3.07. The normalized spacial score (nSPS) is 20.2. The molecule has 7 heteroatoms. The van der Waals surface area contributed by atoms with Crippen LogP contribution in [0.15, 0.2) is 30.3 Å². The monoisotopic (exact) mass is 368 g/mol. The van der Waals surface area contributed by atoms with E-state index in [2.05, 4.69) is 4.57 Å². The molecule has 0 aliphatic carbocycles. The molecule has 0 amide bonds. The number of hydrogen-bond acceptors (Lipinski definition) is 4. The third kappa shape index (κ3) is 4.21. The molecule has 0 bridgehead atoms. The summed E-state index contributed by atoms with van der Waals surface area (Å²) in [6.45, 7) is 0. The Labute approximate surface area is 136 Å². The Bertz CT molecular complexity index is 489. The van der Waals surface area contributed by atoms with Crippen LogP contribution in [0.5, 0.6) is 0 Å². The summed E-state index contributed by atoms with van der Waals surface area (Å²) >= 11 is 8.63. The van der Waals surface area contributed by atoms with Gasteiger partial charge in [-0.1, -0.05) is 0 Å². The summed E-state index contributed by atoms with van der Waals surface area (Å²) in [5.74, 6) is 0.994. The molecule has 1 aromatic rings. The van der Waals surface area contributed by atoms with E-state index in [0.717, 1.165) is 26.9 Å². The Morgan fingerprint density at radius 3 is 2.85 bits per heavy atom. The van der Waals surface area contributed by atoms with Gasteiger partial charge in [-0.05, 0) is 0 Å². The van der Waals surface area contributed by atoms with Crippen molar-refractivity contribution in [3.8, 4) is 0 Å². The maximum atomic E-state index is 11.1. The fourth-order valence-corrected chi connectivity index (χ4v) is 9.28. The molecule has 1 N–H and O–H groups in total. The first-order valence-corrected chi connectivity index (χ1v) is 11.1. The van der Waals surface area contributed by atoms with Gasteiger partial charge in [0.15, 0.2) is 0 Å². The molecule has 3 nitrogen and oxygen atoms in total. The Balaban J connectivity index is 1.77. The molecule has 1 fully saturated rings. The second-order valence-corrected chi connectivity index (χ2v) is 11.2. The van der Waals surface area contributed by atoms with E-state index in [1.165, 1.54) is 0 Å². The number of nitrogens with zero attached hydrogens (tertiary/aromatic N) is 1. The van der Waals surface area contributed by atoms with Gasteiger partial charge < -0.3 is 0 Å². The summed E-state index contributed by atoms with van der Waals surface area (Å²) in [6.07, 6.45) is 0. The van der Waals surface area contributed by atoms with Crippen LogP contribution in [0.3, 0.4) is 0 Å². The number of benzene rings is 1. The van der Waals surface area contributed by atoms with Gasteiger partial charge >= 0.3 is 137 Å². The summed E-state index contributed by atoms with van der Waals surface area (Å²) in [5, 5.41) is 9.10. The standard InChI is InChI=1S/C13H16NO2S2Si.Ni/c1-14-12(13(15)16)10-18-19(14)8-7-17-9-11-5-3-2-4-6-11;/h2-6,12H,7-8,10H2,1H3,(H,15,16);/t12-;/m1./s1. The summed E-state index contributed by atoms with van der Waals surface area (Å²) in [5.41, 5.74) is 1.12. The zero-order chi connectivity index (χ0) is 14.5. The minimum absolute atomic E-state index is 0.303. The molecule has 1 aliphatic heterocycles. The second kappa shape index (κ2) is 7.80. The molecule has 20 heavy (non-hydrogen) atoms. The van der Waals surface area contributed by atoms with Gasteiger partial charge in [0, 0.05) is 0 Å². The Morgan fingerprint density at radius 1 is 1.55 bits per heavy atom. The Kier molecular flexibility index (Phi) is 6.36. The van der Waals surface area contributed by atoms with E-state index >= 15 is 0 Å². The van der Waals surface area contributed by atoms with E-state index in [1.54, 1.807) is 11.8 Å². The van der Waals surface area contributed by atoms with Crippen molar-refractivity contribution in [1.29, 1.82) is 0 Å². The van der Waals surface area contributed by atoms with E-state index in [1.807, 2.05) is 48.6 Å². The topological polar surface area (TPSA) is 40.5 Å². The number of aliphatic carboxylic acids is 1. The van der Waals surface area contributed by atoms with Gasteiger partial charge in [-0.3, -0.25) is 0 Å². The van der Waals surface area contributed by atoms with Gasteiger partial charge in [0.25, 0.3) is 0 Å². The zero-order valence-corrected chi connectivity index (χ0v) is 14.6. The number of carboxylic acid groups (broad SMARTS) is 1. The van der Waals surface area contributed by atoms with Crippen molar-refractivity contribution in [3.63, 3.8) is 0 Å². The van der Waals surface area contributed by atoms with Gasteiger partial charge in [-0.15, -0.1) is 0 Å². The van der Waals surface area contributed by atoms with Crippen LogP contribution in [0.4, 0.5) is 0 Å². The van der Waals surface area contributed by atoms with Gasteiger partial charge in [0.2, 0.25) is 0 Å². The van der Waals surface area contributed by atoms with Crippen LogP contribution >= 0.6 is 23.0 Å². The van der Waals surface area contributed by atoms with Crippen LogP contribution in [0, 0.1) is 0 Å².